The Labute approximate surface area is 219 Å². The largest absolute Gasteiger partial charge is 2.00 e. The van der Waals surface area contributed by atoms with Crippen LogP contribution >= 0.6 is 46.9 Å². The van der Waals surface area contributed by atoms with Crippen molar-refractivity contribution in [2.24, 2.45) is 0 Å². The monoisotopic (exact) mass is 682 g/mol. The van der Waals surface area contributed by atoms with Gasteiger partial charge in [0.25, 0.3) is 0 Å². The van der Waals surface area contributed by atoms with Crippen LogP contribution in [0, 0.1) is 0 Å². The quantitative estimate of drug-likeness (QED) is 0.0682. The number of phosphoric acid groups is 6. The molecule has 1 saturated carbocycles. The van der Waals surface area contributed by atoms with Gasteiger partial charge in [0.1, 0.15) is 36.6 Å². The van der Waals surface area contributed by atoms with Gasteiger partial charge in [-0.2, -0.15) is 0 Å². The van der Waals surface area contributed by atoms with Crippen LogP contribution in [-0.4, -0.2) is 109 Å². The van der Waals surface area contributed by atoms with Crippen molar-refractivity contribution < 1.29 is 113 Å². The maximum Gasteiger partial charge on any atom is 2.00 e. The predicted molar refractivity (Wildman–Crippen MR) is 103 cm³/mol. The molecule has 0 spiro atoms. The molecule has 0 aromatic rings. The summed E-state index contributed by atoms with van der Waals surface area (Å²) < 4.78 is 92.3. The molecule has 6 atom stereocenters. The predicted octanol–water partition coefficient (Wildman–Crippen LogP) is -4.78. The zero-order chi connectivity index (χ0) is 28.7. The Kier molecular flexibility index (Phi) is 13.7. The van der Waals surface area contributed by atoms with E-state index in [0.717, 1.165) is 0 Å². The van der Waals surface area contributed by atoms with Gasteiger partial charge < -0.3 is 67.8 Å². The minimum absolute atomic E-state index is 0. The van der Waals surface area contributed by atoms with E-state index in [1.54, 1.807) is 0 Å². The van der Waals surface area contributed by atoms with Gasteiger partial charge in [0.05, 0.1) is 7.82 Å². The fourth-order valence-corrected chi connectivity index (χ4v) is 6.11. The van der Waals surface area contributed by atoms with E-state index in [2.05, 4.69) is 27.1 Å². The Balaban J connectivity index is 0.0000130. The molecule has 0 bridgehead atoms. The summed E-state index contributed by atoms with van der Waals surface area (Å²) in [4.78, 5) is 114. The molecule has 1 aliphatic carbocycles. The molecule has 0 heterocycles. The van der Waals surface area contributed by atoms with E-state index < -0.39 is 83.6 Å². The van der Waals surface area contributed by atoms with E-state index in [1.165, 1.54) is 0 Å². The maximum atomic E-state index is 11.4. The van der Waals surface area contributed by atoms with Gasteiger partial charge in [-0.15, -0.1) is 0 Å². The van der Waals surface area contributed by atoms with E-state index in [4.69, 9.17) is 48.9 Å². The first-order chi connectivity index (χ1) is 15.6. The third kappa shape index (κ3) is 15.3. The minimum atomic E-state index is -6.52. The molecule has 1 fully saturated rings. The summed E-state index contributed by atoms with van der Waals surface area (Å²) in [5, 5.41) is 0. The Hall–Kier alpha value is 1.43. The summed E-state index contributed by atoms with van der Waals surface area (Å²) in [5.74, 6) is 0. The third-order valence-electron chi connectivity index (χ3n) is 3.49. The zero-order valence-corrected chi connectivity index (χ0v) is 23.8. The molecule has 216 valence electrons. The number of phosphoric ester groups is 6. The first-order valence-electron chi connectivity index (χ1n) is 7.97. The van der Waals surface area contributed by atoms with Crippen LogP contribution in [0.3, 0.4) is 0 Å². The first-order valence-corrected chi connectivity index (χ1v) is 17.1. The number of hydrogen-bond donors (Lipinski definition) is 10. The molecule has 2 unspecified atom stereocenters. The van der Waals surface area contributed by atoms with E-state index in [9.17, 15) is 37.2 Å². The topological polar surface area (TPSA) is 406 Å². The average Bonchev–Trinajstić information content (AvgIpc) is 2.51. The van der Waals surface area contributed by atoms with E-state index in [1.807, 2.05) is 0 Å². The molecule has 1 rings (SSSR count). The Morgan fingerprint density at radius 1 is 0.378 bits per heavy atom. The van der Waals surface area contributed by atoms with Crippen LogP contribution in [0.15, 0.2) is 0 Å². The Morgan fingerprint density at radius 3 is 0.622 bits per heavy atom. The van der Waals surface area contributed by atoms with Crippen molar-refractivity contribution in [1.29, 1.82) is 0 Å². The van der Waals surface area contributed by atoms with Crippen molar-refractivity contribution in [1.82, 2.24) is 0 Å². The molecule has 0 aromatic carbocycles. The standard InChI is InChI=1S/C6H18O24P6.Mg/c7-31(8,9)25-1-2(26-32(10,11)12)4(28-34(16,17)18)6(30-36(22,23)24)5(29-35(19,20)21)3(1)27-33(13,14)15;/h1-6H,(H2,7,8,9)(H2,10,11,12)(H2,13,14,15)(H2,16,17,18)(H2,19,20,21)(H2,22,23,24);/q;+2/p-2/t1-,2-,3?,4?,5-,6+;/m0./s1. The van der Waals surface area contributed by atoms with Crippen molar-refractivity contribution in [2.75, 3.05) is 0 Å². The summed E-state index contributed by atoms with van der Waals surface area (Å²) in [5.41, 5.74) is 0. The van der Waals surface area contributed by atoms with Crippen molar-refractivity contribution in [2.45, 2.75) is 36.6 Å². The Morgan fingerprint density at radius 2 is 0.514 bits per heavy atom. The second kappa shape index (κ2) is 13.2. The fourth-order valence-electron chi connectivity index (χ4n) is 2.78. The normalized spacial score (nSPS) is 28.5. The molecule has 37 heavy (non-hydrogen) atoms. The van der Waals surface area contributed by atoms with Gasteiger partial charge in [-0.3, -0.25) is 22.6 Å². The summed E-state index contributed by atoms with van der Waals surface area (Å²) in [6.45, 7) is 0. The number of hydrogen-bond acceptors (Lipinski definition) is 14. The SMILES string of the molecule is O=P([O-])([O-])OC1[C@@H](OP(=O)(O)O)[C@H](OP(=O)(O)O)C(OP(=O)(O)O)[C@H](OP(=O)(O)O)[C@@H]1OP(=O)(O)O.[Mg+2]. The van der Waals surface area contributed by atoms with Crippen molar-refractivity contribution in [3.05, 3.63) is 0 Å². The van der Waals surface area contributed by atoms with E-state index >= 15 is 0 Å². The van der Waals surface area contributed by atoms with Crippen LogP contribution in [-0.2, 0) is 54.5 Å². The molecule has 0 radical (unpaired) electrons. The van der Waals surface area contributed by atoms with Gasteiger partial charge in [-0.05, 0) is 0 Å². The van der Waals surface area contributed by atoms with Crippen molar-refractivity contribution >= 4 is 70.0 Å². The molecule has 0 amide bonds. The molecule has 10 N–H and O–H groups in total. The van der Waals surface area contributed by atoms with Crippen LogP contribution in [0.1, 0.15) is 0 Å². The van der Waals surface area contributed by atoms with Gasteiger partial charge in [0.2, 0.25) is 0 Å². The molecule has 0 aromatic heterocycles. The van der Waals surface area contributed by atoms with Crippen LogP contribution in [0.25, 0.3) is 0 Å². The second-order valence-electron chi connectivity index (χ2n) is 6.32. The van der Waals surface area contributed by atoms with Crippen molar-refractivity contribution in [3.8, 4) is 0 Å². The van der Waals surface area contributed by atoms with Crippen LogP contribution in [0.2, 0.25) is 0 Å². The van der Waals surface area contributed by atoms with Gasteiger partial charge >= 0.3 is 62.2 Å². The van der Waals surface area contributed by atoms with Gasteiger partial charge in [0, 0.05) is 0 Å². The molecule has 0 saturated heterocycles. The Bertz CT molecular complexity index is 824. The second-order valence-corrected chi connectivity index (χ2v) is 13.4. The summed E-state index contributed by atoms with van der Waals surface area (Å²) in [7, 11) is -36.8. The van der Waals surface area contributed by atoms with Crippen molar-refractivity contribution in [3.63, 3.8) is 0 Å². The maximum absolute atomic E-state index is 11.4. The molecule has 0 aliphatic heterocycles. The van der Waals surface area contributed by atoms with E-state index in [0.29, 0.717) is 0 Å². The minimum Gasteiger partial charge on any atom is -0.790 e. The summed E-state index contributed by atoms with van der Waals surface area (Å²) in [6.07, 6.45) is -19.3. The third-order valence-corrected chi connectivity index (χ3v) is 6.58. The summed E-state index contributed by atoms with van der Waals surface area (Å²) >= 11 is 0. The van der Waals surface area contributed by atoms with Crippen LogP contribution in [0.4, 0.5) is 0 Å². The van der Waals surface area contributed by atoms with Crippen LogP contribution in [0.5, 0.6) is 0 Å². The zero-order valence-electron chi connectivity index (χ0n) is 17.0. The van der Waals surface area contributed by atoms with Gasteiger partial charge in [0.15, 0.2) is 0 Å². The van der Waals surface area contributed by atoms with Gasteiger partial charge in [-0.1, -0.05) is 0 Å². The van der Waals surface area contributed by atoms with Crippen LogP contribution < -0.4 is 9.79 Å². The first kappa shape index (κ1) is 38.4. The fraction of sp³-hybridized carbons (Fsp3) is 1.00. The smallest absolute Gasteiger partial charge is 0.790 e. The summed E-state index contributed by atoms with van der Waals surface area (Å²) in [6, 6.07) is 0. The molecule has 31 heteroatoms. The van der Waals surface area contributed by atoms with E-state index in [-0.39, 0.29) is 23.1 Å². The molecular weight excluding hydrogens is 666 g/mol. The molecular formula is C6H16MgO24P6. The number of rotatable bonds is 12. The average molecular weight is 682 g/mol. The van der Waals surface area contributed by atoms with Gasteiger partial charge in [-0.25, -0.2) is 22.8 Å². The molecule has 1 aliphatic rings. The molecule has 24 nitrogen and oxygen atoms in total.